The van der Waals surface area contributed by atoms with E-state index >= 15 is 0 Å². The Kier molecular flexibility index (Phi) is 4.45. The van der Waals surface area contributed by atoms with E-state index in [0.717, 1.165) is 25.7 Å². The summed E-state index contributed by atoms with van der Waals surface area (Å²) >= 11 is 0. The topological polar surface area (TPSA) is 66.8 Å². The molecule has 0 aromatic rings. The normalized spacial score (nSPS) is 31.9. The highest BCUT2D eigenvalue weighted by Gasteiger charge is 2.48. The second kappa shape index (κ2) is 5.90. The maximum absolute atomic E-state index is 12.5. The third kappa shape index (κ3) is 2.76. The van der Waals surface area contributed by atoms with Gasteiger partial charge in [0.1, 0.15) is 6.04 Å². The predicted octanol–water partition coefficient (Wildman–Crippen LogP) is 1.51. The molecule has 19 heavy (non-hydrogen) atoms. The van der Waals surface area contributed by atoms with Crippen LogP contribution in [0.1, 0.15) is 39.0 Å². The van der Waals surface area contributed by atoms with Gasteiger partial charge in [-0.1, -0.05) is 19.8 Å². The standard InChI is InChI=1S/C14H23NO4/c1-9(8-19-2)13(16)15-11-6-4-3-5-10(11)7-12(15)14(17)18/h9-12H,3-8H2,1-2H3,(H,17,18). The van der Waals surface area contributed by atoms with E-state index < -0.39 is 12.0 Å². The van der Waals surface area contributed by atoms with Gasteiger partial charge in [-0.2, -0.15) is 0 Å². The van der Waals surface area contributed by atoms with Gasteiger partial charge in [-0.15, -0.1) is 0 Å². The molecule has 5 nitrogen and oxygen atoms in total. The van der Waals surface area contributed by atoms with Crippen LogP contribution in [0, 0.1) is 11.8 Å². The van der Waals surface area contributed by atoms with Crippen molar-refractivity contribution in [2.24, 2.45) is 11.8 Å². The molecule has 0 aromatic carbocycles. The molecule has 1 saturated heterocycles. The molecule has 4 atom stereocenters. The van der Waals surface area contributed by atoms with Crippen LogP contribution < -0.4 is 0 Å². The van der Waals surface area contributed by atoms with Crippen molar-refractivity contribution >= 4 is 11.9 Å². The Labute approximate surface area is 113 Å². The SMILES string of the molecule is COCC(C)C(=O)N1C(C(=O)O)CC2CCCCC21. The fourth-order valence-electron chi connectivity index (χ4n) is 3.57. The average molecular weight is 269 g/mol. The highest BCUT2D eigenvalue weighted by atomic mass is 16.5. The first-order valence-corrected chi connectivity index (χ1v) is 7.10. The van der Waals surface area contributed by atoms with Crippen molar-refractivity contribution < 1.29 is 19.4 Å². The summed E-state index contributed by atoms with van der Waals surface area (Å²) in [6.07, 6.45) is 4.86. The molecular formula is C14H23NO4. The molecule has 4 unspecified atom stereocenters. The van der Waals surface area contributed by atoms with Crippen molar-refractivity contribution in [1.29, 1.82) is 0 Å². The number of hydrogen-bond donors (Lipinski definition) is 1. The fraction of sp³-hybridized carbons (Fsp3) is 0.857. The highest BCUT2D eigenvalue weighted by molar-refractivity contribution is 5.86. The maximum atomic E-state index is 12.5. The molecule has 0 aromatic heterocycles. The molecule has 1 amide bonds. The van der Waals surface area contributed by atoms with Crippen LogP contribution in [0.2, 0.25) is 0 Å². The summed E-state index contributed by atoms with van der Waals surface area (Å²) in [7, 11) is 1.56. The number of hydrogen-bond acceptors (Lipinski definition) is 3. The number of aliphatic carboxylic acids is 1. The van der Waals surface area contributed by atoms with Crippen LogP contribution in [0.5, 0.6) is 0 Å². The molecule has 1 heterocycles. The first kappa shape index (κ1) is 14.3. The summed E-state index contributed by atoms with van der Waals surface area (Å²) in [6, 6.07) is -0.512. The molecular weight excluding hydrogens is 246 g/mol. The Morgan fingerprint density at radius 2 is 2.05 bits per heavy atom. The van der Waals surface area contributed by atoms with Gasteiger partial charge in [-0.3, -0.25) is 4.79 Å². The van der Waals surface area contributed by atoms with E-state index in [2.05, 4.69) is 0 Å². The molecule has 5 heteroatoms. The number of carbonyl (C=O) groups excluding carboxylic acids is 1. The molecule has 1 saturated carbocycles. The van der Waals surface area contributed by atoms with E-state index in [9.17, 15) is 14.7 Å². The summed E-state index contributed by atoms with van der Waals surface area (Å²) in [4.78, 5) is 25.6. The quantitative estimate of drug-likeness (QED) is 0.840. The lowest BCUT2D eigenvalue weighted by Gasteiger charge is -2.34. The molecule has 0 spiro atoms. The number of fused-ring (bicyclic) bond motifs is 1. The van der Waals surface area contributed by atoms with Crippen molar-refractivity contribution in [3.05, 3.63) is 0 Å². The maximum Gasteiger partial charge on any atom is 0.326 e. The Balaban J connectivity index is 2.17. The highest BCUT2D eigenvalue weighted by Crippen LogP contribution is 2.40. The van der Waals surface area contributed by atoms with E-state index in [1.165, 1.54) is 0 Å². The number of rotatable bonds is 4. The van der Waals surface area contributed by atoms with E-state index in [-0.39, 0.29) is 17.9 Å². The van der Waals surface area contributed by atoms with E-state index in [1.807, 2.05) is 0 Å². The molecule has 2 fully saturated rings. The summed E-state index contributed by atoms with van der Waals surface area (Å²) in [6.45, 7) is 2.15. The van der Waals surface area contributed by atoms with Gasteiger partial charge in [-0.05, 0) is 25.2 Å². The van der Waals surface area contributed by atoms with Gasteiger partial charge in [0, 0.05) is 13.2 Å². The van der Waals surface area contributed by atoms with Gasteiger partial charge in [0.2, 0.25) is 5.91 Å². The number of likely N-dealkylation sites (tertiary alicyclic amines) is 1. The summed E-state index contributed by atoms with van der Waals surface area (Å²) in [5, 5.41) is 9.37. The molecule has 2 aliphatic rings. The first-order chi connectivity index (χ1) is 9.06. The first-order valence-electron chi connectivity index (χ1n) is 7.10. The van der Waals surface area contributed by atoms with Crippen LogP contribution in [0.25, 0.3) is 0 Å². The zero-order chi connectivity index (χ0) is 14.0. The van der Waals surface area contributed by atoms with Gasteiger partial charge in [0.15, 0.2) is 0 Å². The third-order valence-electron chi connectivity index (χ3n) is 4.47. The zero-order valence-electron chi connectivity index (χ0n) is 11.7. The van der Waals surface area contributed by atoms with Gasteiger partial charge in [-0.25, -0.2) is 4.79 Å². The number of carboxylic acids is 1. The lowest BCUT2D eigenvalue weighted by molar-refractivity contribution is -0.152. The van der Waals surface area contributed by atoms with E-state index in [0.29, 0.717) is 18.9 Å². The lowest BCUT2D eigenvalue weighted by atomic mass is 9.84. The number of carbonyl (C=O) groups is 2. The van der Waals surface area contributed by atoms with Gasteiger partial charge in [0.05, 0.1) is 12.5 Å². The average Bonchev–Trinajstić information content (AvgIpc) is 2.77. The van der Waals surface area contributed by atoms with Gasteiger partial charge < -0.3 is 14.7 Å². The molecule has 108 valence electrons. The van der Waals surface area contributed by atoms with Crippen molar-refractivity contribution in [3.63, 3.8) is 0 Å². The molecule has 1 aliphatic carbocycles. The van der Waals surface area contributed by atoms with E-state index in [1.54, 1.807) is 18.9 Å². The molecule has 1 aliphatic heterocycles. The third-order valence-corrected chi connectivity index (χ3v) is 4.47. The number of amides is 1. The van der Waals surface area contributed by atoms with E-state index in [4.69, 9.17) is 4.74 Å². The Morgan fingerprint density at radius 1 is 1.37 bits per heavy atom. The Morgan fingerprint density at radius 3 is 2.68 bits per heavy atom. The minimum atomic E-state index is -0.868. The van der Waals surface area contributed by atoms with Gasteiger partial charge in [0.25, 0.3) is 0 Å². The fourth-order valence-corrected chi connectivity index (χ4v) is 3.57. The Hall–Kier alpha value is -1.10. The van der Waals surface area contributed by atoms with Crippen molar-refractivity contribution in [2.75, 3.05) is 13.7 Å². The van der Waals surface area contributed by atoms with Crippen molar-refractivity contribution in [3.8, 4) is 0 Å². The van der Waals surface area contributed by atoms with Crippen LogP contribution in [0.4, 0.5) is 0 Å². The predicted molar refractivity (Wildman–Crippen MR) is 69.7 cm³/mol. The minimum absolute atomic E-state index is 0.0661. The van der Waals surface area contributed by atoms with Gasteiger partial charge >= 0.3 is 5.97 Å². The lowest BCUT2D eigenvalue weighted by Crippen LogP contribution is -2.48. The Bertz CT molecular complexity index is 357. The van der Waals surface area contributed by atoms with Crippen LogP contribution >= 0.6 is 0 Å². The van der Waals surface area contributed by atoms with Crippen molar-refractivity contribution in [1.82, 2.24) is 4.90 Å². The number of nitrogens with zero attached hydrogens (tertiary/aromatic N) is 1. The van der Waals surface area contributed by atoms with Crippen LogP contribution in [0.3, 0.4) is 0 Å². The molecule has 1 N–H and O–H groups in total. The minimum Gasteiger partial charge on any atom is -0.480 e. The molecule has 2 rings (SSSR count). The molecule has 0 radical (unpaired) electrons. The number of methoxy groups -OCH3 is 1. The summed E-state index contributed by atoms with van der Waals surface area (Å²) in [5.74, 6) is -0.836. The van der Waals surface area contributed by atoms with Crippen LogP contribution in [-0.4, -0.2) is 47.7 Å². The zero-order valence-corrected chi connectivity index (χ0v) is 11.7. The number of carboxylic acid groups (broad SMARTS) is 1. The molecule has 0 bridgehead atoms. The summed E-state index contributed by atoms with van der Waals surface area (Å²) in [5.41, 5.74) is 0. The smallest absolute Gasteiger partial charge is 0.326 e. The monoisotopic (exact) mass is 269 g/mol. The van der Waals surface area contributed by atoms with Crippen molar-refractivity contribution in [2.45, 2.75) is 51.1 Å². The number of ether oxygens (including phenoxy) is 1. The largest absolute Gasteiger partial charge is 0.480 e. The van der Waals surface area contributed by atoms with Crippen LogP contribution in [0.15, 0.2) is 0 Å². The second-order valence-electron chi connectivity index (χ2n) is 5.80. The summed E-state index contributed by atoms with van der Waals surface area (Å²) < 4.78 is 5.02. The van der Waals surface area contributed by atoms with Crippen LogP contribution in [-0.2, 0) is 14.3 Å². The second-order valence-corrected chi connectivity index (χ2v) is 5.80.